The number of hydrogen-bond acceptors (Lipinski definition) is 3. The molecule has 0 unspecified atom stereocenters. The smallest absolute Gasteiger partial charge is 0.408 e. The molecule has 5 nitrogen and oxygen atoms in total. The Labute approximate surface area is 77.1 Å². The van der Waals surface area contributed by atoms with Crippen LogP contribution in [-0.2, 0) is 9.53 Å². The SMILES string of the molecule is CC(C)(C)OC(=O)[15NH][C@@H]([13CH3])C(=O)O. The summed E-state index contributed by atoms with van der Waals surface area (Å²) in [5.41, 5.74) is -0.609. The number of aliphatic carboxylic acids is 1. The zero-order valence-electron chi connectivity index (χ0n) is 8.25. The van der Waals surface area contributed by atoms with Crippen LogP contribution in [0.15, 0.2) is 0 Å². The summed E-state index contributed by atoms with van der Waals surface area (Å²) in [4.78, 5) is 21.3. The number of alkyl carbamates (subject to hydrolysis) is 1. The summed E-state index contributed by atoms with van der Waals surface area (Å²) < 4.78 is 4.85. The molecule has 0 aromatic carbocycles. The molecule has 5 heteroatoms. The van der Waals surface area contributed by atoms with Gasteiger partial charge in [-0.15, -0.1) is 0 Å². The van der Waals surface area contributed by atoms with E-state index in [0.29, 0.717) is 0 Å². The predicted molar refractivity (Wildman–Crippen MR) is 46.5 cm³/mol. The molecule has 0 rings (SSSR count). The highest BCUT2D eigenvalue weighted by atomic mass is 16.6. The predicted octanol–water partition coefficient (Wildman–Crippen LogP) is 0.984. The molecule has 1 atom stereocenters. The van der Waals surface area contributed by atoms with E-state index in [1.807, 2.05) is 0 Å². The first-order valence-corrected chi connectivity index (χ1v) is 3.94. The Kier molecular flexibility index (Phi) is 3.71. The number of carbonyl (C=O) groups excluding carboxylic acids is 1. The molecular weight excluding hydrogens is 176 g/mol. The molecule has 0 aromatic rings. The maximum Gasteiger partial charge on any atom is 0.408 e. The van der Waals surface area contributed by atoms with Crippen molar-refractivity contribution < 1.29 is 19.4 Å². The van der Waals surface area contributed by atoms with E-state index in [1.54, 1.807) is 20.8 Å². The van der Waals surface area contributed by atoms with Gasteiger partial charge in [0.05, 0.1) is 0 Å². The lowest BCUT2D eigenvalue weighted by molar-refractivity contribution is -0.139. The lowest BCUT2D eigenvalue weighted by atomic mass is 10.2. The minimum absolute atomic E-state index is 0.609. The van der Waals surface area contributed by atoms with Gasteiger partial charge in [-0.05, 0) is 27.7 Å². The van der Waals surface area contributed by atoms with Crippen molar-refractivity contribution in [2.24, 2.45) is 0 Å². The normalized spacial score (nSPS) is 13.2. The average molecular weight is 191 g/mol. The molecule has 0 saturated carbocycles. The van der Waals surface area contributed by atoms with Crippen LogP contribution in [0.5, 0.6) is 0 Å². The summed E-state index contributed by atoms with van der Waals surface area (Å²) in [6, 6.07) is -0.935. The molecule has 0 fully saturated rings. The molecule has 0 aliphatic rings. The molecule has 0 radical (unpaired) electrons. The summed E-state index contributed by atoms with van der Waals surface area (Å²) in [5, 5.41) is 10.6. The second-order valence-corrected chi connectivity index (χ2v) is 3.71. The fourth-order valence-corrected chi connectivity index (χ4v) is 0.546. The molecule has 0 saturated heterocycles. The fraction of sp³-hybridized carbons (Fsp3) is 0.750. The Morgan fingerprint density at radius 2 is 1.85 bits per heavy atom. The molecule has 2 N–H and O–H groups in total. The fourth-order valence-electron chi connectivity index (χ4n) is 0.546. The maximum absolute atomic E-state index is 11.0. The summed E-state index contributed by atoms with van der Waals surface area (Å²) in [6.07, 6.45) is -0.720. The number of carboxylic acid groups (broad SMARTS) is 1. The molecule has 0 aromatic heterocycles. The van der Waals surface area contributed by atoms with E-state index < -0.39 is 23.7 Å². The van der Waals surface area contributed by atoms with Gasteiger partial charge in [0.15, 0.2) is 0 Å². The van der Waals surface area contributed by atoms with E-state index in [4.69, 9.17) is 9.84 Å². The lowest BCUT2D eigenvalue weighted by Crippen LogP contribution is -2.41. The first-order valence-electron chi connectivity index (χ1n) is 3.94. The standard InChI is InChI=1S/C8H15NO4/c1-5(6(10)11)9-7(12)13-8(2,3)4/h5H,1-4H3,(H,9,12)(H,10,11)/t5-/m0/s1/i1+1,9+1. The summed E-state index contributed by atoms with van der Waals surface area (Å²) >= 11 is 0. The van der Waals surface area contributed by atoms with E-state index in [2.05, 4.69) is 5.32 Å². The molecule has 1 amide bonds. The molecule has 0 heterocycles. The molecule has 0 aliphatic carbocycles. The summed E-state index contributed by atoms with van der Waals surface area (Å²) in [7, 11) is 0. The molecule has 76 valence electrons. The topological polar surface area (TPSA) is 75.6 Å². The highest BCUT2D eigenvalue weighted by molar-refractivity contribution is 5.79. The van der Waals surface area contributed by atoms with Crippen LogP contribution in [0.3, 0.4) is 0 Å². The number of amides is 1. The first kappa shape index (κ1) is 11.7. The molecule has 13 heavy (non-hydrogen) atoms. The van der Waals surface area contributed by atoms with Crippen LogP contribution >= 0.6 is 0 Å². The Balaban J connectivity index is 3.96. The van der Waals surface area contributed by atoms with Gasteiger partial charge < -0.3 is 15.2 Å². The van der Waals surface area contributed by atoms with Crippen LogP contribution in [0, 0.1) is 0 Å². The van der Waals surface area contributed by atoms with Gasteiger partial charge in [0.2, 0.25) is 0 Å². The Morgan fingerprint density at radius 1 is 1.38 bits per heavy atom. The Hall–Kier alpha value is -1.26. The van der Waals surface area contributed by atoms with Gasteiger partial charge in [-0.25, -0.2) is 4.79 Å². The van der Waals surface area contributed by atoms with Crippen molar-refractivity contribution in [3.63, 3.8) is 0 Å². The van der Waals surface area contributed by atoms with Crippen molar-refractivity contribution in [3.05, 3.63) is 0 Å². The number of carbonyl (C=O) groups is 2. The monoisotopic (exact) mass is 191 g/mol. The van der Waals surface area contributed by atoms with Gasteiger partial charge in [0.25, 0.3) is 0 Å². The third-order valence-electron chi connectivity index (χ3n) is 1.10. The van der Waals surface area contributed by atoms with Crippen molar-refractivity contribution in [2.75, 3.05) is 0 Å². The lowest BCUT2D eigenvalue weighted by Gasteiger charge is -2.20. The van der Waals surface area contributed by atoms with Crippen LogP contribution in [0.2, 0.25) is 0 Å². The largest absolute Gasteiger partial charge is 0.480 e. The quantitative estimate of drug-likeness (QED) is 0.504. The zero-order valence-corrected chi connectivity index (χ0v) is 8.25. The third-order valence-corrected chi connectivity index (χ3v) is 1.10. The zero-order chi connectivity index (χ0) is 10.6. The van der Waals surface area contributed by atoms with Gasteiger partial charge in [-0.1, -0.05) is 0 Å². The van der Waals surface area contributed by atoms with Crippen LogP contribution < -0.4 is 5.32 Å². The number of hydrogen-bond donors (Lipinski definition) is 2. The Bertz CT molecular complexity index is 207. The second kappa shape index (κ2) is 4.11. The van der Waals surface area contributed by atoms with E-state index in [-0.39, 0.29) is 0 Å². The van der Waals surface area contributed by atoms with Crippen molar-refractivity contribution in [3.8, 4) is 0 Å². The number of rotatable bonds is 2. The van der Waals surface area contributed by atoms with Gasteiger partial charge in [0, 0.05) is 0 Å². The van der Waals surface area contributed by atoms with Crippen LogP contribution in [0.25, 0.3) is 0 Å². The first-order chi connectivity index (χ1) is 5.72. The third kappa shape index (κ3) is 5.95. The number of nitrogens with one attached hydrogen (secondary N) is 1. The van der Waals surface area contributed by atoms with E-state index in [9.17, 15) is 9.59 Å². The number of ether oxygens (including phenoxy) is 1. The minimum Gasteiger partial charge on any atom is -0.480 e. The number of carboxylic acids is 1. The molecule has 0 spiro atoms. The van der Waals surface area contributed by atoms with Crippen molar-refractivity contribution in [2.45, 2.75) is 39.3 Å². The van der Waals surface area contributed by atoms with E-state index >= 15 is 0 Å². The molecular formula is C8H15NO4. The van der Waals surface area contributed by atoms with Gasteiger partial charge in [0.1, 0.15) is 11.6 Å². The van der Waals surface area contributed by atoms with Gasteiger partial charge >= 0.3 is 12.1 Å². The highest BCUT2D eigenvalue weighted by Crippen LogP contribution is 2.06. The molecule has 0 aliphatic heterocycles. The molecule has 0 bridgehead atoms. The van der Waals surface area contributed by atoms with Crippen LogP contribution in [-0.4, -0.2) is 28.8 Å². The second-order valence-electron chi connectivity index (χ2n) is 3.71. The van der Waals surface area contributed by atoms with E-state index in [1.165, 1.54) is 6.92 Å². The minimum atomic E-state index is -1.09. The Morgan fingerprint density at radius 3 is 2.15 bits per heavy atom. The van der Waals surface area contributed by atoms with E-state index in [0.717, 1.165) is 0 Å². The maximum atomic E-state index is 11.0. The summed E-state index contributed by atoms with van der Waals surface area (Å²) in [6.45, 7) is 6.49. The van der Waals surface area contributed by atoms with Crippen molar-refractivity contribution in [1.29, 1.82) is 0 Å². The van der Waals surface area contributed by atoms with Crippen LogP contribution in [0.1, 0.15) is 27.7 Å². The van der Waals surface area contributed by atoms with Gasteiger partial charge in [-0.3, -0.25) is 4.79 Å². The van der Waals surface area contributed by atoms with Crippen LogP contribution in [0.4, 0.5) is 4.79 Å². The average Bonchev–Trinajstić information content (AvgIpc) is 1.81. The van der Waals surface area contributed by atoms with Gasteiger partial charge in [-0.2, -0.15) is 0 Å². The summed E-state index contributed by atoms with van der Waals surface area (Å²) in [5.74, 6) is -1.09. The highest BCUT2D eigenvalue weighted by Gasteiger charge is 2.20. The van der Waals surface area contributed by atoms with Crippen molar-refractivity contribution in [1.82, 2.24) is 5.32 Å². The van der Waals surface area contributed by atoms with Crippen molar-refractivity contribution >= 4 is 12.1 Å².